The van der Waals surface area contributed by atoms with Gasteiger partial charge in [0, 0.05) is 30.6 Å². The molecule has 1 amide bonds. The Morgan fingerprint density at radius 1 is 1.40 bits per heavy atom. The van der Waals surface area contributed by atoms with E-state index in [-0.39, 0.29) is 28.5 Å². The molecule has 7 heteroatoms. The lowest BCUT2D eigenvalue weighted by Crippen LogP contribution is -2.31. The third-order valence-electron chi connectivity index (χ3n) is 2.77. The van der Waals surface area contributed by atoms with Crippen molar-refractivity contribution in [3.63, 3.8) is 0 Å². The van der Waals surface area contributed by atoms with Crippen molar-refractivity contribution in [1.82, 2.24) is 4.90 Å². The molecule has 0 unspecified atom stereocenters. The molecule has 0 aliphatic rings. The van der Waals surface area contributed by atoms with Crippen molar-refractivity contribution in [2.24, 2.45) is 0 Å². The largest absolute Gasteiger partial charge is 0.399 e. The van der Waals surface area contributed by atoms with Crippen molar-refractivity contribution < 1.29 is 13.2 Å². The first-order valence-electron chi connectivity index (χ1n) is 6.06. The highest BCUT2D eigenvalue weighted by Crippen LogP contribution is 2.18. The van der Waals surface area contributed by atoms with Crippen LogP contribution in [0, 0.1) is 11.3 Å². The van der Waals surface area contributed by atoms with Gasteiger partial charge < -0.3 is 10.6 Å². The van der Waals surface area contributed by atoms with Crippen LogP contribution >= 0.6 is 0 Å². The summed E-state index contributed by atoms with van der Waals surface area (Å²) >= 11 is 0. The lowest BCUT2D eigenvalue weighted by Gasteiger charge is -2.20. The van der Waals surface area contributed by atoms with Crippen LogP contribution in [0.25, 0.3) is 0 Å². The summed E-state index contributed by atoms with van der Waals surface area (Å²) in [5.74, 6) is -0.333. The molecule has 1 rings (SSSR count). The van der Waals surface area contributed by atoms with E-state index >= 15 is 0 Å². The minimum atomic E-state index is -3.43. The lowest BCUT2D eigenvalue weighted by atomic mass is 10.1. The monoisotopic (exact) mass is 295 g/mol. The Balaban J connectivity index is 3.16. The molecule has 0 saturated carbocycles. The van der Waals surface area contributed by atoms with E-state index in [4.69, 9.17) is 11.0 Å². The molecule has 1 aromatic rings. The minimum Gasteiger partial charge on any atom is -0.399 e. The molecular weight excluding hydrogens is 278 g/mol. The second-order valence-corrected chi connectivity index (χ2v) is 6.37. The number of rotatable bonds is 5. The van der Waals surface area contributed by atoms with Crippen molar-refractivity contribution in [1.29, 1.82) is 5.26 Å². The zero-order valence-electron chi connectivity index (χ0n) is 11.5. The Hall–Kier alpha value is -2.07. The number of nitrogens with zero attached hydrogens (tertiary/aromatic N) is 2. The van der Waals surface area contributed by atoms with Crippen LogP contribution < -0.4 is 5.73 Å². The summed E-state index contributed by atoms with van der Waals surface area (Å²) in [6, 6.07) is 6.03. The van der Waals surface area contributed by atoms with Crippen LogP contribution in [0.3, 0.4) is 0 Å². The van der Waals surface area contributed by atoms with Gasteiger partial charge >= 0.3 is 0 Å². The van der Waals surface area contributed by atoms with Crippen LogP contribution in [0.1, 0.15) is 23.7 Å². The zero-order valence-corrected chi connectivity index (χ0v) is 12.3. The Bertz CT molecular complexity index is 647. The van der Waals surface area contributed by atoms with E-state index in [0.29, 0.717) is 13.1 Å². The van der Waals surface area contributed by atoms with Crippen LogP contribution in [0.5, 0.6) is 0 Å². The molecule has 0 aromatic heterocycles. The Kier molecular flexibility index (Phi) is 5.11. The molecule has 0 atom stereocenters. The molecule has 0 aliphatic carbocycles. The van der Waals surface area contributed by atoms with Crippen molar-refractivity contribution in [3.05, 3.63) is 23.8 Å². The topological polar surface area (TPSA) is 104 Å². The number of nitriles is 1. The first-order chi connectivity index (χ1) is 9.29. The predicted octanol–water partition coefficient (Wildman–Crippen LogP) is 1.05. The molecule has 2 N–H and O–H groups in total. The Labute approximate surface area is 118 Å². The number of sulfone groups is 1. The average molecular weight is 295 g/mol. The summed E-state index contributed by atoms with van der Waals surface area (Å²) in [7, 11) is -3.43. The molecule has 0 heterocycles. The molecule has 6 nitrogen and oxygen atoms in total. The number of nitrogen functional groups attached to an aromatic ring is 1. The van der Waals surface area contributed by atoms with Crippen LogP contribution in [0.4, 0.5) is 5.69 Å². The number of nitrogens with two attached hydrogens (primary N) is 1. The highest BCUT2D eigenvalue weighted by atomic mass is 32.2. The fourth-order valence-electron chi connectivity index (χ4n) is 1.73. The fraction of sp³-hybridized carbons (Fsp3) is 0.385. The van der Waals surface area contributed by atoms with Gasteiger partial charge in [-0.15, -0.1) is 0 Å². The van der Waals surface area contributed by atoms with Gasteiger partial charge in [0.05, 0.1) is 17.4 Å². The number of hydrogen-bond acceptors (Lipinski definition) is 5. The summed E-state index contributed by atoms with van der Waals surface area (Å²) in [6.07, 6.45) is 1.28. The van der Waals surface area contributed by atoms with E-state index < -0.39 is 9.84 Å². The van der Waals surface area contributed by atoms with Gasteiger partial charge in [0.15, 0.2) is 9.84 Å². The normalized spacial score (nSPS) is 10.8. The van der Waals surface area contributed by atoms with Gasteiger partial charge in [0.1, 0.15) is 0 Å². The maximum atomic E-state index is 12.3. The molecule has 0 fully saturated rings. The standard InChI is InChI=1S/C13H17N3O3S/c1-3-16(6-4-5-14)13(17)10-7-11(15)9-12(8-10)20(2,18)19/h7-9H,3-4,6,15H2,1-2H3. The molecule has 0 radical (unpaired) electrons. The van der Waals surface area contributed by atoms with Crippen molar-refractivity contribution in [2.45, 2.75) is 18.2 Å². The number of hydrogen-bond donors (Lipinski definition) is 1. The molecule has 1 aromatic carbocycles. The maximum Gasteiger partial charge on any atom is 0.253 e. The van der Waals surface area contributed by atoms with Crippen LogP contribution in [-0.4, -0.2) is 38.6 Å². The summed E-state index contributed by atoms with van der Waals surface area (Å²) in [4.78, 5) is 13.8. The SMILES string of the molecule is CCN(CCC#N)C(=O)c1cc(N)cc(S(C)(=O)=O)c1. The average Bonchev–Trinajstić information content (AvgIpc) is 2.37. The summed E-state index contributed by atoms with van der Waals surface area (Å²) in [5.41, 5.74) is 6.08. The van der Waals surface area contributed by atoms with Crippen LogP contribution in [0.15, 0.2) is 23.1 Å². The first kappa shape index (κ1) is 16.0. The highest BCUT2D eigenvalue weighted by molar-refractivity contribution is 7.90. The van der Waals surface area contributed by atoms with Crippen molar-refractivity contribution in [2.75, 3.05) is 25.1 Å². The smallest absolute Gasteiger partial charge is 0.253 e. The predicted molar refractivity (Wildman–Crippen MR) is 75.8 cm³/mol. The first-order valence-corrected chi connectivity index (χ1v) is 7.95. The fourth-order valence-corrected chi connectivity index (χ4v) is 2.42. The number of anilines is 1. The second kappa shape index (κ2) is 6.39. The van der Waals surface area contributed by atoms with E-state index in [1.807, 2.05) is 6.07 Å². The van der Waals surface area contributed by atoms with Gasteiger partial charge in [-0.3, -0.25) is 4.79 Å². The lowest BCUT2D eigenvalue weighted by molar-refractivity contribution is 0.0767. The van der Waals surface area contributed by atoms with Gasteiger partial charge in [-0.1, -0.05) is 0 Å². The van der Waals surface area contributed by atoms with E-state index in [9.17, 15) is 13.2 Å². The summed E-state index contributed by atoms with van der Waals surface area (Å²) < 4.78 is 23.1. The molecule has 0 aliphatic heterocycles. The van der Waals surface area contributed by atoms with Gasteiger partial charge in [0.2, 0.25) is 0 Å². The number of carbonyl (C=O) groups is 1. The van der Waals surface area contributed by atoms with Gasteiger partial charge in [0.25, 0.3) is 5.91 Å². The molecular formula is C13H17N3O3S. The summed E-state index contributed by atoms with van der Waals surface area (Å²) in [5, 5.41) is 8.57. The van der Waals surface area contributed by atoms with Crippen molar-refractivity contribution >= 4 is 21.4 Å². The van der Waals surface area contributed by atoms with E-state index in [0.717, 1.165) is 6.26 Å². The van der Waals surface area contributed by atoms with Gasteiger partial charge in [-0.2, -0.15) is 5.26 Å². The Morgan fingerprint density at radius 2 is 2.05 bits per heavy atom. The van der Waals surface area contributed by atoms with E-state index in [1.54, 1.807) is 6.92 Å². The quantitative estimate of drug-likeness (QED) is 0.817. The van der Waals surface area contributed by atoms with E-state index in [1.165, 1.54) is 23.1 Å². The molecule has 108 valence electrons. The van der Waals surface area contributed by atoms with Crippen molar-refractivity contribution in [3.8, 4) is 6.07 Å². The third kappa shape index (κ3) is 3.96. The second-order valence-electron chi connectivity index (χ2n) is 4.36. The molecule has 20 heavy (non-hydrogen) atoms. The number of amides is 1. The minimum absolute atomic E-state index is 0.0113. The molecule has 0 bridgehead atoms. The van der Waals surface area contributed by atoms with E-state index in [2.05, 4.69) is 0 Å². The Morgan fingerprint density at radius 3 is 2.55 bits per heavy atom. The zero-order chi connectivity index (χ0) is 15.3. The summed E-state index contributed by atoms with van der Waals surface area (Å²) in [6.45, 7) is 2.53. The number of carbonyl (C=O) groups excluding carboxylic acids is 1. The van der Waals surface area contributed by atoms with Crippen LogP contribution in [-0.2, 0) is 9.84 Å². The van der Waals surface area contributed by atoms with Gasteiger partial charge in [-0.05, 0) is 25.1 Å². The highest BCUT2D eigenvalue weighted by Gasteiger charge is 2.17. The van der Waals surface area contributed by atoms with Crippen LogP contribution in [0.2, 0.25) is 0 Å². The third-order valence-corrected chi connectivity index (χ3v) is 3.86. The molecule has 0 saturated heterocycles. The molecule has 0 spiro atoms. The number of benzene rings is 1. The maximum absolute atomic E-state index is 12.3. The van der Waals surface area contributed by atoms with Gasteiger partial charge in [-0.25, -0.2) is 8.42 Å².